The predicted molar refractivity (Wildman–Crippen MR) is 62.3 cm³/mol. The van der Waals surface area contributed by atoms with Gasteiger partial charge in [-0.1, -0.05) is 6.07 Å². The number of aryl methyl sites for hydroxylation is 1. The number of hydrogen-bond donors (Lipinski definition) is 2. The van der Waals surface area contributed by atoms with Crippen molar-refractivity contribution in [3.8, 4) is 0 Å². The van der Waals surface area contributed by atoms with E-state index in [0.717, 1.165) is 11.1 Å². The van der Waals surface area contributed by atoms with Gasteiger partial charge in [-0.15, -0.1) is 12.4 Å². The van der Waals surface area contributed by atoms with Crippen molar-refractivity contribution < 1.29 is 14.3 Å². The smallest absolute Gasteiger partial charge is 0.308 e. The molecule has 0 saturated heterocycles. The molecule has 0 radical (unpaired) electrons. The Morgan fingerprint density at radius 3 is 2.62 bits per heavy atom. The van der Waals surface area contributed by atoms with Gasteiger partial charge in [-0.25, -0.2) is 4.39 Å². The molecule has 0 fully saturated rings. The van der Waals surface area contributed by atoms with Gasteiger partial charge in [0.25, 0.3) is 0 Å². The molecule has 1 atom stereocenters. The SMILES string of the molecule is Cc1cc(F)ccc1CC(CN)C(=O)O.Cl. The largest absolute Gasteiger partial charge is 0.481 e. The number of nitrogens with two attached hydrogens (primary N) is 1. The van der Waals surface area contributed by atoms with Crippen molar-refractivity contribution in [2.75, 3.05) is 6.54 Å². The number of hydrogen-bond acceptors (Lipinski definition) is 2. The third-order valence-electron chi connectivity index (χ3n) is 2.40. The highest BCUT2D eigenvalue weighted by Gasteiger charge is 2.16. The highest BCUT2D eigenvalue weighted by Crippen LogP contribution is 2.14. The number of carboxylic acid groups (broad SMARTS) is 1. The molecular formula is C11H15ClFNO2. The lowest BCUT2D eigenvalue weighted by molar-refractivity contribution is -0.141. The molecule has 0 aliphatic heterocycles. The molecule has 1 unspecified atom stereocenters. The van der Waals surface area contributed by atoms with E-state index in [4.69, 9.17) is 10.8 Å². The first kappa shape index (κ1) is 14.9. The van der Waals surface area contributed by atoms with Gasteiger partial charge in [-0.2, -0.15) is 0 Å². The van der Waals surface area contributed by atoms with E-state index in [1.165, 1.54) is 12.1 Å². The van der Waals surface area contributed by atoms with Gasteiger partial charge >= 0.3 is 5.97 Å². The van der Waals surface area contributed by atoms with Crippen molar-refractivity contribution in [2.45, 2.75) is 13.3 Å². The molecule has 0 bridgehead atoms. The van der Waals surface area contributed by atoms with Crippen molar-refractivity contribution in [1.29, 1.82) is 0 Å². The van der Waals surface area contributed by atoms with Crippen LogP contribution in [0.1, 0.15) is 11.1 Å². The van der Waals surface area contributed by atoms with Gasteiger partial charge in [0.05, 0.1) is 5.92 Å². The summed E-state index contributed by atoms with van der Waals surface area (Å²) in [5.41, 5.74) is 6.93. The van der Waals surface area contributed by atoms with Crippen molar-refractivity contribution in [1.82, 2.24) is 0 Å². The fraction of sp³-hybridized carbons (Fsp3) is 0.364. The summed E-state index contributed by atoms with van der Waals surface area (Å²) in [5, 5.41) is 8.83. The Labute approximate surface area is 99.9 Å². The van der Waals surface area contributed by atoms with Gasteiger partial charge in [0.2, 0.25) is 0 Å². The van der Waals surface area contributed by atoms with E-state index in [0.29, 0.717) is 6.42 Å². The maximum atomic E-state index is 12.8. The van der Waals surface area contributed by atoms with Crippen LogP contribution in [0.4, 0.5) is 4.39 Å². The van der Waals surface area contributed by atoms with Gasteiger partial charge in [0.15, 0.2) is 0 Å². The molecule has 16 heavy (non-hydrogen) atoms. The molecule has 1 rings (SSSR count). The van der Waals surface area contributed by atoms with Crippen LogP contribution in [-0.4, -0.2) is 17.6 Å². The third kappa shape index (κ3) is 3.79. The molecule has 1 aromatic rings. The van der Waals surface area contributed by atoms with Crippen LogP contribution in [0, 0.1) is 18.7 Å². The Balaban J connectivity index is 0.00000225. The summed E-state index contributed by atoms with van der Waals surface area (Å²) in [5.74, 6) is -1.83. The summed E-state index contributed by atoms with van der Waals surface area (Å²) in [6, 6.07) is 4.33. The summed E-state index contributed by atoms with van der Waals surface area (Å²) < 4.78 is 12.8. The minimum Gasteiger partial charge on any atom is -0.481 e. The second-order valence-electron chi connectivity index (χ2n) is 3.55. The minimum absolute atomic E-state index is 0. The van der Waals surface area contributed by atoms with E-state index in [9.17, 15) is 9.18 Å². The number of carboxylic acids is 1. The molecule has 0 aromatic heterocycles. The van der Waals surface area contributed by atoms with E-state index in [1.807, 2.05) is 0 Å². The van der Waals surface area contributed by atoms with Crippen molar-refractivity contribution in [3.63, 3.8) is 0 Å². The van der Waals surface area contributed by atoms with Gasteiger partial charge in [0, 0.05) is 6.54 Å². The van der Waals surface area contributed by atoms with E-state index in [-0.39, 0.29) is 24.8 Å². The number of rotatable bonds is 4. The topological polar surface area (TPSA) is 63.3 Å². The first-order valence-electron chi connectivity index (χ1n) is 4.72. The zero-order chi connectivity index (χ0) is 11.4. The number of carbonyl (C=O) groups is 1. The lowest BCUT2D eigenvalue weighted by atomic mass is 9.96. The molecule has 0 aliphatic rings. The molecule has 0 saturated carbocycles. The normalized spacial score (nSPS) is 11.7. The predicted octanol–water partition coefficient (Wildman–Crippen LogP) is 1.76. The summed E-state index contributed by atoms with van der Waals surface area (Å²) in [7, 11) is 0. The molecule has 0 aliphatic carbocycles. The van der Waals surface area contributed by atoms with E-state index in [1.54, 1.807) is 13.0 Å². The molecule has 0 heterocycles. The first-order chi connectivity index (χ1) is 7.04. The number of halogens is 2. The molecule has 3 nitrogen and oxygen atoms in total. The second kappa shape index (κ2) is 6.45. The van der Waals surface area contributed by atoms with E-state index >= 15 is 0 Å². The van der Waals surface area contributed by atoms with Gasteiger partial charge < -0.3 is 10.8 Å². The molecule has 5 heteroatoms. The van der Waals surface area contributed by atoms with Crippen LogP contribution in [0.2, 0.25) is 0 Å². The Hall–Kier alpha value is -1.13. The Kier molecular flexibility index (Phi) is 6.00. The summed E-state index contributed by atoms with van der Waals surface area (Å²) in [4.78, 5) is 10.8. The van der Waals surface area contributed by atoms with Gasteiger partial charge in [-0.3, -0.25) is 4.79 Å². The Morgan fingerprint density at radius 1 is 1.56 bits per heavy atom. The fourth-order valence-corrected chi connectivity index (χ4v) is 1.43. The highest BCUT2D eigenvalue weighted by molar-refractivity contribution is 5.85. The highest BCUT2D eigenvalue weighted by atomic mass is 35.5. The first-order valence-corrected chi connectivity index (χ1v) is 4.72. The number of aliphatic carboxylic acids is 1. The van der Waals surface area contributed by atoms with Gasteiger partial charge in [-0.05, 0) is 36.6 Å². The zero-order valence-electron chi connectivity index (χ0n) is 8.94. The summed E-state index contributed by atoms with van der Waals surface area (Å²) in [6.07, 6.45) is 0.345. The number of benzene rings is 1. The lowest BCUT2D eigenvalue weighted by Crippen LogP contribution is -2.25. The zero-order valence-corrected chi connectivity index (χ0v) is 9.76. The maximum Gasteiger partial charge on any atom is 0.308 e. The van der Waals surface area contributed by atoms with Crippen LogP contribution in [0.15, 0.2) is 18.2 Å². The monoisotopic (exact) mass is 247 g/mol. The molecule has 0 spiro atoms. The van der Waals surface area contributed by atoms with Crippen LogP contribution in [0.25, 0.3) is 0 Å². The van der Waals surface area contributed by atoms with Crippen LogP contribution in [0.5, 0.6) is 0 Å². The molecule has 1 aromatic carbocycles. The van der Waals surface area contributed by atoms with Gasteiger partial charge in [0.1, 0.15) is 5.82 Å². The lowest BCUT2D eigenvalue weighted by Gasteiger charge is -2.11. The quantitative estimate of drug-likeness (QED) is 0.852. The van der Waals surface area contributed by atoms with Crippen molar-refractivity contribution in [3.05, 3.63) is 35.1 Å². The Bertz CT molecular complexity index is 371. The van der Waals surface area contributed by atoms with Crippen LogP contribution in [-0.2, 0) is 11.2 Å². The average Bonchev–Trinajstić information content (AvgIpc) is 2.16. The van der Waals surface area contributed by atoms with E-state index < -0.39 is 11.9 Å². The minimum atomic E-state index is -0.916. The van der Waals surface area contributed by atoms with Crippen molar-refractivity contribution in [2.24, 2.45) is 11.7 Å². The van der Waals surface area contributed by atoms with E-state index in [2.05, 4.69) is 0 Å². The fourth-order valence-electron chi connectivity index (χ4n) is 1.43. The standard InChI is InChI=1S/C11H14FNO2.ClH/c1-7-4-10(12)3-2-8(7)5-9(6-13)11(14)15;/h2-4,9H,5-6,13H2,1H3,(H,14,15);1H. The van der Waals surface area contributed by atoms with Crippen molar-refractivity contribution >= 4 is 18.4 Å². The van der Waals surface area contributed by atoms with Crippen LogP contribution < -0.4 is 5.73 Å². The molecule has 3 N–H and O–H groups in total. The summed E-state index contributed by atoms with van der Waals surface area (Å²) >= 11 is 0. The third-order valence-corrected chi connectivity index (χ3v) is 2.40. The molecule has 90 valence electrons. The summed E-state index contributed by atoms with van der Waals surface area (Å²) in [6.45, 7) is 1.85. The average molecular weight is 248 g/mol. The molecular weight excluding hydrogens is 233 g/mol. The van der Waals surface area contributed by atoms with Crippen LogP contribution >= 0.6 is 12.4 Å². The second-order valence-corrected chi connectivity index (χ2v) is 3.55. The van der Waals surface area contributed by atoms with Crippen LogP contribution in [0.3, 0.4) is 0 Å². The molecule has 0 amide bonds. The maximum absolute atomic E-state index is 12.8. The Morgan fingerprint density at radius 2 is 2.19 bits per heavy atom.